The van der Waals surface area contributed by atoms with Crippen molar-refractivity contribution in [2.24, 2.45) is 7.05 Å². The van der Waals surface area contributed by atoms with E-state index in [0.29, 0.717) is 17.2 Å². The number of aliphatic hydroxyl groups is 2. The van der Waals surface area contributed by atoms with Gasteiger partial charge in [0.15, 0.2) is 16.6 Å². The number of aromatic amines is 1. The van der Waals surface area contributed by atoms with E-state index in [-0.39, 0.29) is 17.2 Å². The van der Waals surface area contributed by atoms with Gasteiger partial charge in [0.05, 0.1) is 34.6 Å². The van der Waals surface area contributed by atoms with E-state index in [1.54, 1.807) is 0 Å². The lowest BCUT2D eigenvalue weighted by molar-refractivity contribution is 0.137. The highest BCUT2D eigenvalue weighted by Gasteiger charge is 2.40. The first-order valence-corrected chi connectivity index (χ1v) is 34.5. The molecule has 0 saturated carbocycles. The number of fused-ring (bicyclic) bond motifs is 2. The molecule has 14 heteroatoms. The van der Waals surface area contributed by atoms with Gasteiger partial charge in [-0.1, -0.05) is 114 Å². The van der Waals surface area contributed by atoms with Gasteiger partial charge in [0.2, 0.25) is 0 Å². The summed E-state index contributed by atoms with van der Waals surface area (Å²) in [5, 5.41) is 40.3. The zero-order valence-electron chi connectivity index (χ0n) is 48.6. The number of aryl methyl sites for hydroxylation is 1. The van der Waals surface area contributed by atoms with Crippen molar-refractivity contribution in [2.45, 2.75) is 154 Å². The second kappa shape index (κ2) is 27.3. The molecule has 0 atom stereocenters. The summed E-state index contributed by atoms with van der Waals surface area (Å²) in [6, 6.07) is 33.8. The van der Waals surface area contributed by atoms with Gasteiger partial charge in [0.1, 0.15) is 0 Å². The number of piperidine rings is 4. The molecule has 5 N–H and O–H groups in total. The van der Waals surface area contributed by atoms with E-state index in [0.717, 1.165) is 124 Å². The Morgan fingerprint density at radius 1 is 0.532 bits per heavy atom. The summed E-state index contributed by atoms with van der Waals surface area (Å²) in [5.74, 6) is 0. The molecule has 77 heavy (non-hydrogen) atoms. The number of H-pyrrole nitrogens is 1. The van der Waals surface area contributed by atoms with Crippen molar-refractivity contribution in [1.82, 2.24) is 30.6 Å². The van der Waals surface area contributed by atoms with Crippen molar-refractivity contribution >= 4 is 74.1 Å². The molecule has 4 saturated heterocycles. The van der Waals surface area contributed by atoms with Crippen LogP contribution in [0.3, 0.4) is 0 Å². The van der Waals surface area contributed by atoms with Crippen LogP contribution in [0.4, 0.5) is 11.4 Å². The number of aromatic nitrogens is 4. The van der Waals surface area contributed by atoms with Gasteiger partial charge in [-0.05, 0) is 173 Å². The minimum absolute atomic E-state index is 0.0266. The number of hydrogen-bond donors (Lipinski definition) is 5. The molecule has 0 bridgehead atoms. The van der Waals surface area contributed by atoms with Crippen LogP contribution in [-0.4, -0.2) is 124 Å². The molecule has 10 rings (SSSR count). The second-order valence-corrected chi connectivity index (χ2v) is 34.1. The molecule has 0 unspecified atom stereocenters. The summed E-state index contributed by atoms with van der Waals surface area (Å²) >= 11 is 0. The molecule has 0 aliphatic carbocycles. The molecule has 4 aromatic carbocycles. The SMILES string of the molecule is CC(C)(C)[Si](C)(C)OC1CCNCC1.Cn1nc(/C=C/c2ccccc2)c2cc(N3CCC(O[Si](C)(C)C(C)(C)C)CC3)ccc21.OC1CCN(c2ccc3[nH]nc(/C=C/c4ccccc4)c3c2)CC1.OC1CCNCC1. The van der Waals surface area contributed by atoms with Crippen molar-refractivity contribution in [3.8, 4) is 0 Å². The van der Waals surface area contributed by atoms with Crippen LogP contribution in [0.1, 0.15) is 115 Å². The molecule has 4 fully saturated rings. The van der Waals surface area contributed by atoms with E-state index in [1.165, 1.54) is 35.2 Å². The van der Waals surface area contributed by atoms with Gasteiger partial charge in [-0.2, -0.15) is 10.2 Å². The summed E-state index contributed by atoms with van der Waals surface area (Å²) in [6.07, 6.45) is 17.2. The van der Waals surface area contributed by atoms with Crippen LogP contribution in [0.5, 0.6) is 0 Å². The van der Waals surface area contributed by atoms with Crippen molar-refractivity contribution in [3.63, 3.8) is 0 Å². The lowest BCUT2D eigenvalue weighted by atomic mass is 10.1. The van der Waals surface area contributed by atoms with Gasteiger partial charge in [-0.25, -0.2) is 0 Å². The maximum Gasteiger partial charge on any atom is 0.192 e. The average molecular weight is 1080 g/mol. The Morgan fingerprint density at radius 2 is 0.974 bits per heavy atom. The maximum atomic E-state index is 9.68. The summed E-state index contributed by atoms with van der Waals surface area (Å²) in [5.41, 5.74) is 9.01. The number of hydrogen-bond acceptors (Lipinski definition) is 10. The molecule has 6 aromatic rings. The second-order valence-electron chi connectivity index (χ2n) is 24.6. The summed E-state index contributed by atoms with van der Waals surface area (Å²) in [7, 11) is -1.21. The van der Waals surface area contributed by atoms with Gasteiger partial charge in [0.25, 0.3) is 0 Å². The highest BCUT2D eigenvalue weighted by Crippen LogP contribution is 2.40. The first-order valence-electron chi connectivity index (χ1n) is 28.7. The zero-order chi connectivity index (χ0) is 55.2. The van der Waals surface area contributed by atoms with Crippen LogP contribution >= 0.6 is 0 Å². The minimum atomic E-state index is -1.71. The van der Waals surface area contributed by atoms with E-state index < -0.39 is 16.6 Å². The average Bonchev–Trinajstić information content (AvgIpc) is 3.97. The Balaban J connectivity index is 0.000000167. The van der Waals surface area contributed by atoms with Crippen LogP contribution in [0.2, 0.25) is 36.3 Å². The maximum absolute atomic E-state index is 9.68. The van der Waals surface area contributed by atoms with E-state index in [1.807, 2.05) is 36.0 Å². The number of nitrogens with one attached hydrogen (secondary N) is 3. The Morgan fingerprint density at radius 3 is 1.47 bits per heavy atom. The molecule has 6 heterocycles. The molecule has 0 amide bonds. The number of rotatable bonds is 10. The summed E-state index contributed by atoms with van der Waals surface area (Å²) in [4.78, 5) is 4.84. The van der Waals surface area contributed by atoms with Crippen molar-refractivity contribution in [3.05, 3.63) is 120 Å². The highest BCUT2D eigenvalue weighted by atomic mass is 28.4. The minimum Gasteiger partial charge on any atom is -0.414 e. The van der Waals surface area contributed by atoms with Gasteiger partial charge >= 0.3 is 0 Å². The summed E-state index contributed by atoms with van der Waals surface area (Å²) < 4.78 is 15.0. The number of aliphatic hydroxyl groups excluding tert-OH is 2. The third-order valence-corrected chi connectivity index (χ3v) is 25.7. The monoisotopic (exact) mass is 1080 g/mol. The van der Waals surface area contributed by atoms with E-state index in [9.17, 15) is 5.11 Å². The van der Waals surface area contributed by atoms with Gasteiger partial charge < -0.3 is 39.5 Å². The lowest BCUT2D eigenvalue weighted by Gasteiger charge is -2.42. The third-order valence-electron chi connectivity index (χ3n) is 16.7. The molecule has 2 aromatic heterocycles. The fourth-order valence-corrected chi connectivity index (χ4v) is 12.5. The highest BCUT2D eigenvalue weighted by molar-refractivity contribution is 6.74. The molecule has 0 radical (unpaired) electrons. The fraction of sp³-hybridized carbons (Fsp3) is 0.524. The lowest BCUT2D eigenvalue weighted by Crippen LogP contribution is -2.47. The molecule has 0 spiro atoms. The number of anilines is 2. The van der Waals surface area contributed by atoms with Crippen LogP contribution in [0.25, 0.3) is 46.1 Å². The topological polar surface area (TPSA) is 136 Å². The first-order chi connectivity index (χ1) is 36.7. The van der Waals surface area contributed by atoms with Gasteiger partial charge in [0, 0.05) is 67.6 Å². The van der Waals surface area contributed by atoms with Crippen molar-refractivity contribution in [1.29, 1.82) is 0 Å². The first kappa shape index (κ1) is 59.7. The fourth-order valence-electron chi connectivity index (χ4n) is 9.69. The van der Waals surface area contributed by atoms with Crippen molar-refractivity contribution < 1.29 is 19.1 Å². The molecule has 4 aliphatic rings. The quantitative estimate of drug-likeness (QED) is 0.0844. The number of benzene rings is 4. The summed E-state index contributed by atoms with van der Waals surface area (Å²) in [6.45, 7) is 31.4. The molecular weight excluding hydrogens is 989 g/mol. The van der Waals surface area contributed by atoms with Crippen LogP contribution in [0, 0.1) is 0 Å². The van der Waals surface area contributed by atoms with E-state index >= 15 is 0 Å². The third kappa shape index (κ3) is 17.3. The van der Waals surface area contributed by atoms with Gasteiger partial charge in [-0.3, -0.25) is 9.78 Å². The van der Waals surface area contributed by atoms with Crippen molar-refractivity contribution in [2.75, 3.05) is 62.2 Å². The van der Waals surface area contributed by atoms with E-state index in [2.05, 4.69) is 195 Å². The Bertz CT molecular complexity index is 2770. The number of nitrogens with zero attached hydrogens (tertiary/aromatic N) is 5. The Kier molecular flexibility index (Phi) is 21.2. The largest absolute Gasteiger partial charge is 0.414 e. The normalized spacial score (nSPS) is 18.0. The zero-order valence-corrected chi connectivity index (χ0v) is 50.6. The molecule has 418 valence electrons. The Hall–Kier alpha value is -4.91. The van der Waals surface area contributed by atoms with Gasteiger partial charge in [-0.15, -0.1) is 0 Å². The molecular formula is C63H94N8O4Si2. The van der Waals surface area contributed by atoms with Crippen LogP contribution in [-0.2, 0) is 15.9 Å². The standard InChI is InChI=1S/C27H37N3OSi.C20H21N3O.C11H25NOSi.C5H11NO/c1-27(2,3)32(5,6)31-23-16-18-30(19-17-23)22-13-15-26-24(20-22)25(28-29(26)4)14-12-21-10-8-7-9-11-21;24-17-10-12-23(13-11-17)16-7-9-20-18(14-16)19(21-22-20)8-6-15-4-2-1-3-5-15;1-11(2,3)14(4,5)13-10-6-8-12-9-7-10;7-5-1-3-6-4-2-5/h7-15,20,23H,16-19H2,1-6H3;1-9,14,17,24H,10-13H2,(H,21,22);10,12H,6-9H2,1-5H3;5-7H,1-4H2/b14-12+;8-6+;;. The smallest absolute Gasteiger partial charge is 0.192 e. The predicted octanol–water partition coefficient (Wildman–Crippen LogP) is 12.9. The Labute approximate surface area is 464 Å². The molecule has 4 aliphatic heterocycles. The predicted molar refractivity (Wildman–Crippen MR) is 331 cm³/mol. The van der Waals surface area contributed by atoms with Crippen LogP contribution in [0.15, 0.2) is 97.1 Å². The van der Waals surface area contributed by atoms with E-state index in [4.69, 9.17) is 19.1 Å². The van der Waals surface area contributed by atoms with Crippen LogP contribution < -0.4 is 20.4 Å². The molecule has 12 nitrogen and oxygen atoms in total.